The van der Waals surface area contributed by atoms with Gasteiger partial charge < -0.3 is 14.8 Å². The monoisotopic (exact) mass is 337 g/mol. The van der Waals surface area contributed by atoms with Gasteiger partial charge in [-0.25, -0.2) is 0 Å². The van der Waals surface area contributed by atoms with Gasteiger partial charge in [-0.15, -0.1) is 0 Å². The molecule has 0 saturated heterocycles. The SMILES string of the molecule is C=CCOc1ccc(CNc2cc(Cl)cc(Cl)c2)cc1OC. The van der Waals surface area contributed by atoms with Gasteiger partial charge in [0.2, 0.25) is 0 Å². The van der Waals surface area contributed by atoms with Gasteiger partial charge in [-0.05, 0) is 35.9 Å². The van der Waals surface area contributed by atoms with Crippen molar-refractivity contribution in [3.8, 4) is 11.5 Å². The number of methoxy groups -OCH3 is 1. The van der Waals surface area contributed by atoms with Gasteiger partial charge in [0, 0.05) is 22.3 Å². The van der Waals surface area contributed by atoms with E-state index < -0.39 is 0 Å². The Morgan fingerprint density at radius 1 is 1.09 bits per heavy atom. The van der Waals surface area contributed by atoms with Crippen LogP contribution < -0.4 is 14.8 Å². The van der Waals surface area contributed by atoms with Crippen LogP contribution in [0.15, 0.2) is 49.1 Å². The Bertz CT molecular complexity index is 639. The minimum atomic E-state index is 0.439. The molecule has 1 N–H and O–H groups in total. The smallest absolute Gasteiger partial charge is 0.161 e. The van der Waals surface area contributed by atoms with E-state index in [1.807, 2.05) is 30.3 Å². The summed E-state index contributed by atoms with van der Waals surface area (Å²) in [5, 5.41) is 4.47. The Kier molecular flexibility index (Phi) is 5.99. The van der Waals surface area contributed by atoms with Crippen molar-refractivity contribution in [2.24, 2.45) is 0 Å². The number of benzene rings is 2. The van der Waals surface area contributed by atoms with Crippen LogP contribution in [0.4, 0.5) is 5.69 Å². The highest BCUT2D eigenvalue weighted by Gasteiger charge is 2.06. The summed E-state index contributed by atoms with van der Waals surface area (Å²) in [5.74, 6) is 1.38. The fourth-order valence-electron chi connectivity index (χ4n) is 1.95. The Labute approximate surface area is 140 Å². The highest BCUT2D eigenvalue weighted by Crippen LogP contribution is 2.29. The number of ether oxygens (including phenoxy) is 2. The zero-order valence-corrected chi connectivity index (χ0v) is 13.7. The third-order valence-corrected chi connectivity index (χ3v) is 3.38. The van der Waals surface area contributed by atoms with Crippen LogP contribution in [-0.4, -0.2) is 13.7 Å². The summed E-state index contributed by atoms with van der Waals surface area (Å²) in [6.07, 6.45) is 1.69. The molecule has 2 rings (SSSR count). The van der Waals surface area contributed by atoms with Crippen molar-refractivity contribution in [2.75, 3.05) is 19.0 Å². The quantitative estimate of drug-likeness (QED) is 0.706. The number of hydrogen-bond acceptors (Lipinski definition) is 3. The van der Waals surface area contributed by atoms with Crippen LogP contribution in [0.1, 0.15) is 5.56 Å². The fraction of sp³-hybridized carbons (Fsp3) is 0.176. The van der Waals surface area contributed by atoms with Crippen LogP contribution in [-0.2, 0) is 6.54 Å². The van der Waals surface area contributed by atoms with E-state index in [1.165, 1.54) is 0 Å². The van der Waals surface area contributed by atoms with E-state index in [0.29, 0.717) is 34.7 Å². The van der Waals surface area contributed by atoms with E-state index >= 15 is 0 Å². The lowest BCUT2D eigenvalue weighted by atomic mass is 10.2. The first-order valence-corrected chi connectivity index (χ1v) is 7.48. The van der Waals surface area contributed by atoms with Crippen LogP contribution in [0, 0.1) is 0 Å². The fourth-order valence-corrected chi connectivity index (χ4v) is 2.48. The van der Waals surface area contributed by atoms with E-state index in [-0.39, 0.29) is 0 Å². The van der Waals surface area contributed by atoms with Crippen molar-refractivity contribution >= 4 is 28.9 Å². The average Bonchev–Trinajstić information content (AvgIpc) is 2.50. The van der Waals surface area contributed by atoms with Gasteiger partial charge in [0.25, 0.3) is 0 Å². The minimum Gasteiger partial charge on any atom is -0.493 e. The lowest BCUT2D eigenvalue weighted by Crippen LogP contribution is -2.01. The molecule has 0 bridgehead atoms. The standard InChI is InChI=1S/C17H17Cl2NO2/c1-3-6-22-16-5-4-12(7-17(16)21-2)11-20-15-9-13(18)8-14(19)10-15/h3-5,7-10,20H,1,6,11H2,2H3. The molecule has 0 aliphatic rings. The summed E-state index contributed by atoms with van der Waals surface area (Å²) in [6, 6.07) is 11.1. The van der Waals surface area contributed by atoms with E-state index in [9.17, 15) is 0 Å². The highest BCUT2D eigenvalue weighted by atomic mass is 35.5. The van der Waals surface area contributed by atoms with Crippen molar-refractivity contribution in [1.82, 2.24) is 0 Å². The predicted molar refractivity (Wildman–Crippen MR) is 92.5 cm³/mol. The Hall–Kier alpha value is -1.84. The lowest BCUT2D eigenvalue weighted by molar-refractivity contribution is 0.326. The molecule has 2 aromatic rings. The van der Waals surface area contributed by atoms with Crippen molar-refractivity contribution in [2.45, 2.75) is 6.54 Å². The van der Waals surface area contributed by atoms with E-state index in [2.05, 4.69) is 11.9 Å². The second-order valence-electron chi connectivity index (χ2n) is 4.60. The van der Waals surface area contributed by atoms with Crippen molar-refractivity contribution in [3.05, 3.63) is 64.7 Å². The summed E-state index contributed by atoms with van der Waals surface area (Å²) in [4.78, 5) is 0. The molecule has 22 heavy (non-hydrogen) atoms. The molecule has 0 unspecified atom stereocenters. The summed E-state index contributed by atoms with van der Waals surface area (Å²) in [6.45, 7) is 4.69. The number of anilines is 1. The molecule has 0 saturated carbocycles. The molecular formula is C17H17Cl2NO2. The molecule has 0 aliphatic heterocycles. The van der Waals surface area contributed by atoms with Gasteiger partial charge in [-0.1, -0.05) is 41.9 Å². The third kappa shape index (κ3) is 4.58. The molecule has 0 fully saturated rings. The molecule has 116 valence electrons. The molecule has 0 atom stereocenters. The number of nitrogens with one attached hydrogen (secondary N) is 1. The highest BCUT2D eigenvalue weighted by molar-refractivity contribution is 6.35. The van der Waals surface area contributed by atoms with Crippen LogP contribution in [0.2, 0.25) is 10.0 Å². The number of hydrogen-bond donors (Lipinski definition) is 1. The zero-order valence-electron chi connectivity index (χ0n) is 12.2. The second-order valence-corrected chi connectivity index (χ2v) is 5.47. The van der Waals surface area contributed by atoms with E-state index in [1.54, 1.807) is 19.3 Å². The molecule has 5 heteroatoms. The summed E-state index contributed by atoms with van der Waals surface area (Å²) >= 11 is 12.0. The van der Waals surface area contributed by atoms with E-state index in [4.69, 9.17) is 32.7 Å². The third-order valence-electron chi connectivity index (χ3n) is 2.94. The van der Waals surface area contributed by atoms with Crippen molar-refractivity contribution < 1.29 is 9.47 Å². The minimum absolute atomic E-state index is 0.439. The predicted octanol–water partition coefficient (Wildman–Crippen LogP) is 5.18. The normalized spacial score (nSPS) is 10.1. The van der Waals surface area contributed by atoms with Crippen LogP contribution in [0.3, 0.4) is 0 Å². The Balaban J connectivity index is 2.07. The molecule has 3 nitrogen and oxygen atoms in total. The van der Waals surface area contributed by atoms with Crippen LogP contribution in [0.5, 0.6) is 11.5 Å². The van der Waals surface area contributed by atoms with Gasteiger partial charge in [0.05, 0.1) is 7.11 Å². The van der Waals surface area contributed by atoms with Gasteiger partial charge in [-0.2, -0.15) is 0 Å². The van der Waals surface area contributed by atoms with Crippen molar-refractivity contribution in [3.63, 3.8) is 0 Å². The zero-order chi connectivity index (χ0) is 15.9. The van der Waals surface area contributed by atoms with Crippen LogP contribution in [0.25, 0.3) is 0 Å². The summed E-state index contributed by atoms with van der Waals surface area (Å²) in [7, 11) is 1.62. The Morgan fingerprint density at radius 2 is 1.82 bits per heavy atom. The maximum absolute atomic E-state index is 5.98. The molecule has 0 spiro atoms. The molecular weight excluding hydrogens is 321 g/mol. The van der Waals surface area contributed by atoms with Gasteiger partial charge >= 0.3 is 0 Å². The molecule has 2 aromatic carbocycles. The number of halogens is 2. The summed E-state index contributed by atoms with van der Waals surface area (Å²) in [5.41, 5.74) is 1.92. The molecule has 0 heterocycles. The first kappa shape index (κ1) is 16.5. The first-order chi connectivity index (χ1) is 10.6. The first-order valence-electron chi connectivity index (χ1n) is 6.73. The lowest BCUT2D eigenvalue weighted by Gasteiger charge is -2.12. The molecule has 0 amide bonds. The topological polar surface area (TPSA) is 30.5 Å². The van der Waals surface area contributed by atoms with Gasteiger partial charge in [0.15, 0.2) is 11.5 Å². The van der Waals surface area contributed by atoms with Crippen LogP contribution >= 0.6 is 23.2 Å². The molecule has 0 aliphatic carbocycles. The largest absolute Gasteiger partial charge is 0.493 e. The second kappa shape index (κ2) is 7.97. The molecule has 0 radical (unpaired) electrons. The Morgan fingerprint density at radius 3 is 2.45 bits per heavy atom. The van der Waals surface area contributed by atoms with Crippen molar-refractivity contribution in [1.29, 1.82) is 0 Å². The average molecular weight is 338 g/mol. The number of rotatable bonds is 7. The maximum Gasteiger partial charge on any atom is 0.161 e. The maximum atomic E-state index is 5.98. The molecule has 0 aromatic heterocycles. The van der Waals surface area contributed by atoms with Gasteiger partial charge in [0.1, 0.15) is 6.61 Å². The van der Waals surface area contributed by atoms with Gasteiger partial charge in [-0.3, -0.25) is 0 Å². The summed E-state index contributed by atoms with van der Waals surface area (Å²) < 4.78 is 10.9. The van der Waals surface area contributed by atoms with E-state index in [0.717, 1.165) is 11.3 Å².